The van der Waals surface area contributed by atoms with Crippen molar-refractivity contribution < 1.29 is 12.8 Å². The summed E-state index contributed by atoms with van der Waals surface area (Å²) in [6.45, 7) is 0. The number of benzene rings is 2. The Balaban J connectivity index is 1.92. The summed E-state index contributed by atoms with van der Waals surface area (Å²) in [5, 5.41) is 0.165. The van der Waals surface area contributed by atoms with Gasteiger partial charge in [0.1, 0.15) is 10.7 Å². The minimum atomic E-state index is -3.94. The SMILES string of the molecule is O=S(=O)(N[C@@H](c1ccccc1)C1CC1)c1ccc(Cl)cc1F. The van der Waals surface area contributed by atoms with E-state index in [1.165, 1.54) is 12.1 Å². The van der Waals surface area contributed by atoms with E-state index in [0.717, 1.165) is 24.5 Å². The van der Waals surface area contributed by atoms with E-state index in [1.54, 1.807) is 0 Å². The Morgan fingerprint density at radius 2 is 1.82 bits per heavy atom. The summed E-state index contributed by atoms with van der Waals surface area (Å²) in [6.07, 6.45) is 1.93. The number of halogens is 2. The van der Waals surface area contributed by atoms with Gasteiger partial charge in [0.05, 0.1) is 0 Å². The van der Waals surface area contributed by atoms with Crippen LogP contribution in [-0.2, 0) is 10.0 Å². The number of nitrogens with one attached hydrogen (secondary N) is 1. The molecule has 1 atom stereocenters. The lowest BCUT2D eigenvalue weighted by molar-refractivity contribution is 0.519. The van der Waals surface area contributed by atoms with Crippen LogP contribution in [0.4, 0.5) is 4.39 Å². The zero-order valence-corrected chi connectivity index (χ0v) is 13.2. The Kier molecular flexibility index (Phi) is 4.21. The van der Waals surface area contributed by atoms with Crippen molar-refractivity contribution in [1.29, 1.82) is 0 Å². The van der Waals surface area contributed by atoms with Gasteiger partial charge in [-0.15, -0.1) is 0 Å². The first-order valence-electron chi connectivity index (χ1n) is 7.00. The summed E-state index contributed by atoms with van der Waals surface area (Å²) in [5.41, 5.74) is 0.892. The minimum absolute atomic E-state index is 0.165. The molecule has 0 aliphatic heterocycles. The Bertz CT molecular complexity index is 776. The van der Waals surface area contributed by atoms with Gasteiger partial charge in [-0.2, -0.15) is 0 Å². The van der Waals surface area contributed by atoms with Crippen molar-refractivity contribution in [2.24, 2.45) is 5.92 Å². The maximum Gasteiger partial charge on any atom is 0.244 e. The van der Waals surface area contributed by atoms with Gasteiger partial charge in [0, 0.05) is 11.1 Å². The lowest BCUT2D eigenvalue weighted by Gasteiger charge is -2.19. The molecular weight excluding hydrogens is 325 g/mol. The van der Waals surface area contributed by atoms with E-state index >= 15 is 0 Å². The average molecular weight is 340 g/mol. The number of rotatable bonds is 5. The van der Waals surface area contributed by atoms with Crippen LogP contribution >= 0.6 is 11.6 Å². The van der Waals surface area contributed by atoms with E-state index in [2.05, 4.69) is 4.72 Å². The second-order valence-corrected chi connectivity index (χ2v) is 7.54. The highest BCUT2D eigenvalue weighted by molar-refractivity contribution is 7.89. The van der Waals surface area contributed by atoms with Crippen LogP contribution in [0.1, 0.15) is 24.4 Å². The number of sulfonamides is 1. The first-order valence-corrected chi connectivity index (χ1v) is 8.86. The maximum atomic E-state index is 13.9. The number of hydrogen-bond acceptors (Lipinski definition) is 2. The van der Waals surface area contributed by atoms with Gasteiger partial charge in [-0.05, 0) is 42.5 Å². The topological polar surface area (TPSA) is 46.2 Å². The molecule has 1 N–H and O–H groups in total. The summed E-state index contributed by atoms with van der Waals surface area (Å²) >= 11 is 5.67. The summed E-state index contributed by atoms with van der Waals surface area (Å²) in [5.74, 6) is -0.588. The quantitative estimate of drug-likeness (QED) is 0.897. The van der Waals surface area contributed by atoms with Gasteiger partial charge in [-0.3, -0.25) is 0 Å². The van der Waals surface area contributed by atoms with Crippen LogP contribution in [0.25, 0.3) is 0 Å². The molecule has 22 heavy (non-hydrogen) atoms. The average Bonchev–Trinajstić information content (AvgIpc) is 3.30. The second kappa shape index (κ2) is 5.99. The third-order valence-corrected chi connectivity index (χ3v) is 5.43. The van der Waals surface area contributed by atoms with Gasteiger partial charge in [0.2, 0.25) is 10.0 Å². The molecule has 0 amide bonds. The van der Waals surface area contributed by atoms with E-state index in [9.17, 15) is 12.8 Å². The molecule has 0 spiro atoms. The van der Waals surface area contributed by atoms with Gasteiger partial charge >= 0.3 is 0 Å². The van der Waals surface area contributed by atoms with Crippen molar-refractivity contribution in [3.63, 3.8) is 0 Å². The van der Waals surface area contributed by atoms with Crippen LogP contribution in [0.5, 0.6) is 0 Å². The molecule has 3 nitrogen and oxygen atoms in total. The molecule has 1 aliphatic carbocycles. The summed E-state index contributed by atoms with van der Waals surface area (Å²) < 4.78 is 41.5. The van der Waals surface area contributed by atoms with Crippen LogP contribution in [0.2, 0.25) is 5.02 Å². The van der Waals surface area contributed by atoms with Crippen molar-refractivity contribution in [2.45, 2.75) is 23.8 Å². The number of hydrogen-bond donors (Lipinski definition) is 1. The highest BCUT2D eigenvalue weighted by Gasteiger charge is 2.36. The highest BCUT2D eigenvalue weighted by Crippen LogP contribution is 2.41. The molecule has 0 unspecified atom stereocenters. The van der Waals surface area contributed by atoms with Gasteiger partial charge in [-0.25, -0.2) is 17.5 Å². The largest absolute Gasteiger partial charge is 0.244 e. The van der Waals surface area contributed by atoms with E-state index in [0.29, 0.717) is 0 Å². The lowest BCUT2D eigenvalue weighted by Crippen LogP contribution is -2.30. The fourth-order valence-electron chi connectivity index (χ4n) is 2.45. The van der Waals surface area contributed by atoms with Gasteiger partial charge in [0.15, 0.2) is 0 Å². The van der Waals surface area contributed by atoms with Gasteiger partial charge in [0.25, 0.3) is 0 Å². The van der Waals surface area contributed by atoms with E-state index in [-0.39, 0.29) is 21.9 Å². The standard InChI is InChI=1S/C16H15ClFNO2S/c17-13-8-9-15(14(18)10-13)22(20,21)19-16(12-6-7-12)11-4-2-1-3-5-11/h1-5,8-10,12,16,19H,6-7H2/t16-/m0/s1. The van der Waals surface area contributed by atoms with Crippen LogP contribution in [-0.4, -0.2) is 8.42 Å². The maximum absolute atomic E-state index is 13.9. The Morgan fingerprint density at radius 1 is 1.14 bits per heavy atom. The molecule has 2 aromatic carbocycles. The van der Waals surface area contributed by atoms with E-state index in [1.807, 2.05) is 30.3 Å². The van der Waals surface area contributed by atoms with E-state index < -0.39 is 15.8 Å². The van der Waals surface area contributed by atoms with E-state index in [4.69, 9.17) is 11.6 Å². The summed E-state index contributed by atoms with van der Waals surface area (Å²) in [6, 6.07) is 12.6. The molecular formula is C16H15ClFNO2S. The molecule has 0 heterocycles. The second-order valence-electron chi connectivity index (χ2n) is 5.42. The molecule has 0 radical (unpaired) electrons. The lowest BCUT2D eigenvalue weighted by atomic mass is 10.0. The Morgan fingerprint density at radius 3 is 2.41 bits per heavy atom. The molecule has 3 rings (SSSR count). The molecule has 1 saturated carbocycles. The van der Waals surface area contributed by atoms with Crippen LogP contribution in [0.15, 0.2) is 53.4 Å². The molecule has 0 aromatic heterocycles. The minimum Gasteiger partial charge on any atom is -0.207 e. The first kappa shape index (κ1) is 15.5. The highest BCUT2D eigenvalue weighted by atomic mass is 35.5. The Hall–Kier alpha value is -1.43. The van der Waals surface area contributed by atoms with Crippen LogP contribution in [0.3, 0.4) is 0 Å². The van der Waals surface area contributed by atoms with Crippen molar-refractivity contribution in [2.75, 3.05) is 0 Å². The molecule has 6 heteroatoms. The summed E-state index contributed by atoms with van der Waals surface area (Å²) in [7, 11) is -3.94. The molecule has 0 saturated heterocycles. The van der Waals surface area contributed by atoms with Crippen molar-refractivity contribution >= 4 is 21.6 Å². The van der Waals surface area contributed by atoms with Gasteiger partial charge in [-0.1, -0.05) is 41.9 Å². The normalized spacial score (nSPS) is 16.5. The third-order valence-electron chi connectivity index (χ3n) is 3.72. The fourth-order valence-corrected chi connectivity index (χ4v) is 3.96. The smallest absolute Gasteiger partial charge is 0.207 e. The fraction of sp³-hybridized carbons (Fsp3) is 0.250. The summed E-state index contributed by atoms with van der Waals surface area (Å²) in [4.78, 5) is -0.376. The molecule has 1 fully saturated rings. The molecule has 0 bridgehead atoms. The zero-order chi connectivity index (χ0) is 15.7. The van der Waals surface area contributed by atoms with Crippen LogP contribution in [0, 0.1) is 11.7 Å². The van der Waals surface area contributed by atoms with Crippen molar-refractivity contribution in [3.8, 4) is 0 Å². The first-order chi connectivity index (χ1) is 10.5. The third kappa shape index (κ3) is 3.32. The molecule has 2 aromatic rings. The van der Waals surface area contributed by atoms with Crippen molar-refractivity contribution in [1.82, 2.24) is 4.72 Å². The molecule has 116 valence electrons. The van der Waals surface area contributed by atoms with Gasteiger partial charge < -0.3 is 0 Å². The molecule has 1 aliphatic rings. The van der Waals surface area contributed by atoms with Crippen LogP contribution < -0.4 is 4.72 Å². The zero-order valence-electron chi connectivity index (χ0n) is 11.7. The predicted molar refractivity (Wildman–Crippen MR) is 83.6 cm³/mol. The monoisotopic (exact) mass is 339 g/mol. The Labute approximate surface area is 134 Å². The predicted octanol–water partition coefficient (Wildman–Crippen LogP) is 3.91. The van der Waals surface area contributed by atoms with Crippen molar-refractivity contribution in [3.05, 3.63) is 64.9 Å².